The lowest BCUT2D eigenvalue weighted by atomic mass is 10.1. The number of anilines is 1. The molecule has 114 valence electrons. The molecule has 0 aromatic carbocycles. The van der Waals surface area contributed by atoms with Crippen LogP contribution in [0.2, 0.25) is 5.28 Å². The first-order chi connectivity index (χ1) is 9.65. The maximum Gasteiger partial charge on any atom is 0.322 e. The Morgan fingerprint density at radius 2 is 1.90 bits per heavy atom. The Balaban J connectivity index is 3.02. The van der Waals surface area contributed by atoms with Gasteiger partial charge in [-0.2, -0.15) is 15.0 Å². The molecular formula is C13H23ClN4O2. The van der Waals surface area contributed by atoms with Gasteiger partial charge in [0.1, 0.15) is 0 Å². The van der Waals surface area contributed by atoms with E-state index in [9.17, 15) is 5.11 Å². The van der Waals surface area contributed by atoms with Crippen LogP contribution in [0.4, 0.5) is 5.95 Å². The van der Waals surface area contributed by atoms with E-state index >= 15 is 0 Å². The topological polar surface area (TPSA) is 71.4 Å². The van der Waals surface area contributed by atoms with Crippen LogP contribution < -0.4 is 9.64 Å². The highest BCUT2D eigenvalue weighted by molar-refractivity contribution is 6.28. The lowest BCUT2D eigenvalue weighted by molar-refractivity contribution is 0.286. The number of aliphatic hydroxyl groups excluding tert-OH is 1. The van der Waals surface area contributed by atoms with Gasteiger partial charge < -0.3 is 14.7 Å². The minimum absolute atomic E-state index is 0.0327. The fraction of sp³-hybridized carbons (Fsp3) is 0.769. The number of rotatable bonds is 9. The van der Waals surface area contributed by atoms with Crippen LogP contribution in [-0.4, -0.2) is 45.9 Å². The molecule has 1 N–H and O–H groups in total. The van der Waals surface area contributed by atoms with Gasteiger partial charge in [0.05, 0.1) is 13.2 Å². The standard InChI is InChI=1S/C13H23ClN4O2/c1-4-9-20-13-16-11(14)15-12(17-13)18(7-8-19)10(5-2)6-3/h10,19H,4-9H2,1-3H3. The molecule has 0 saturated heterocycles. The van der Waals surface area contributed by atoms with E-state index in [4.69, 9.17) is 16.3 Å². The van der Waals surface area contributed by atoms with Crippen molar-refractivity contribution in [3.63, 3.8) is 0 Å². The zero-order valence-corrected chi connectivity index (χ0v) is 13.1. The Morgan fingerprint density at radius 1 is 1.20 bits per heavy atom. The first-order valence-corrected chi connectivity index (χ1v) is 7.45. The Kier molecular flexibility index (Phi) is 7.54. The van der Waals surface area contributed by atoms with Crippen molar-refractivity contribution in [2.45, 2.75) is 46.1 Å². The van der Waals surface area contributed by atoms with Gasteiger partial charge in [-0.05, 0) is 30.9 Å². The molecular weight excluding hydrogens is 280 g/mol. The molecule has 0 aliphatic carbocycles. The van der Waals surface area contributed by atoms with Crippen LogP contribution in [0.5, 0.6) is 6.01 Å². The van der Waals surface area contributed by atoms with Crippen molar-refractivity contribution in [1.82, 2.24) is 15.0 Å². The van der Waals surface area contributed by atoms with Crippen molar-refractivity contribution in [1.29, 1.82) is 0 Å². The highest BCUT2D eigenvalue weighted by atomic mass is 35.5. The molecule has 0 amide bonds. The molecule has 1 aromatic rings. The first-order valence-electron chi connectivity index (χ1n) is 7.08. The Bertz CT molecular complexity index is 402. The lowest BCUT2D eigenvalue weighted by Gasteiger charge is -2.29. The fourth-order valence-electron chi connectivity index (χ4n) is 1.99. The molecule has 6 nitrogen and oxygen atoms in total. The third-order valence-corrected chi connectivity index (χ3v) is 3.16. The number of ether oxygens (including phenoxy) is 1. The summed E-state index contributed by atoms with van der Waals surface area (Å²) in [5.74, 6) is 0.457. The number of hydrogen-bond donors (Lipinski definition) is 1. The van der Waals surface area contributed by atoms with Crippen molar-refractivity contribution in [2.24, 2.45) is 0 Å². The van der Waals surface area contributed by atoms with Crippen LogP contribution in [0.15, 0.2) is 0 Å². The third kappa shape index (κ3) is 4.76. The molecule has 0 unspecified atom stereocenters. The Hall–Kier alpha value is -1.14. The molecule has 0 aliphatic rings. The van der Waals surface area contributed by atoms with Gasteiger partial charge >= 0.3 is 6.01 Å². The SMILES string of the molecule is CCCOc1nc(Cl)nc(N(CCO)C(CC)CC)n1. The van der Waals surface area contributed by atoms with E-state index in [-0.39, 0.29) is 23.9 Å². The number of hydrogen-bond acceptors (Lipinski definition) is 6. The molecule has 1 aromatic heterocycles. The first kappa shape index (κ1) is 16.9. The quantitative estimate of drug-likeness (QED) is 0.754. The Morgan fingerprint density at radius 3 is 2.45 bits per heavy atom. The largest absolute Gasteiger partial charge is 0.463 e. The molecule has 1 rings (SSSR count). The van der Waals surface area contributed by atoms with Gasteiger partial charge in [-0.15, -0.1) is 0 Å². The minimum atomic E-state index is 0.0327. The number of halogens is 1. The summed E-state index contributed by atoms with van der Waals surface area (Å²) >= 11 is 5.93. The molecule has 0 bridgehead atoms. The van der Waals surface area contributed by atoms with Gasteiger partial charge in [-0.1, -0.05) is 20.8 Å². The fourth-order valence-corrected chi connectivity index (χ4v) is 2.14. The van der Waals surface area contributed by atoms with Gasteiger partial charge in [-0.25, -0.2) is 0 Å². The van der Waals surface area contributed by atoms with E-state index in [2.05, 4.69) is 28.8 Å². The summed E-state index contributed by atoms with van der Waals surface area (Å²) in [6.45, 7) is 7.22. The van der Waals surface area contributed by atoms with Crippen molar-refractivity contribution < 1.29 is 9.84 Å². The van der Waals surface area contributed by atoms with Crippen molar-refractivity contribution >= 4 is 17.5 Å². The van der Waals surface area contributed by atoms with Crippen LogP contribution in [0.1, 0.15) is 40.0 Å². The summed E-state index contributed by atoms with van der Waals surface area (Å²) in [5, 5.41) is 9.35. The summed E-state index contributed by atoms with van der Waals surface area (Å²) in [6.07, 6.45) is 2.74. The highest BCUT2D eigenvalue weighted by Gasteiger charge is 2.19. The number of aliphatic hydroxyl groups is 1. The summed E-state index contributed by atoms with van der Waals surface area (Å²) in [6, 6.07) is 0.482. The van der Waals surface area contributed by atoms with Crippen molar-refractivity contribution in [3.05, 3.63) is 5.28 Å². The molecule has 1 heterocycles. The molecule has 20 heavy (non-hydrogen) atoms. The molecule has 0 spiro atoms. The minimum Gasteiger partial charge on any atom is -0.463 e. The highest BCUT2D eigenvalue weighted by Crippen LogP contribution is 2.20. The summed E-state index contributed by atoms with van der Waals surface area (Å²) in [4.78, 5) is 14.4. The van der Waals surface area contributed by atoms with Gasteiger partial charge in [0.15, 0.2) is 0 Å². The third-order valence-electron chi connectivity index (χ3n) is 2.99. The number of nitrogens with zero attached hydrogens (tertiary/aromatic N) is 4. The lowest BCUT2D eigenvalue weighted by Crippen LogP contribution is -2.38. The van der Waals surface area contributed by atoms with Gasteiger partial charge in [0, 0.05) is 12.6 Å². The second kappa shape index (κ2) is 8.92. The second-order valence-electron chi connectivity index (χ2n) is 4.42. The smallest absolute Gasteiger partial charge is 0.322 e. The molecule has 0 aliphatic heterocycles. The van der Waals surface area contributed by atoms with E-state index in [0.717, 1.165) is 19.3 Å². The normalized spacial score (nSPS) is 10.9. The van der Waals surface area contributed by atoms with E-state index in [1.807, 2.05) is 11.8 Å². The average molecular weight is 303 g/mol. The van der Waals surface area contributed by atoms with Crippen LogP contribution in [-0.2, 0) is 0 Å². The van der Waals surface area contributed by atoms with Crippen LogP contribution in [0, 0.1) is 0 Å². The molecule has 0 radical (unpaired) electrons. The average Bonchev–Trinajstić information content (AvgIpc) is 2.44. The second-order valence-corrected chi connectivity index (χ2v) is 4.76. The molecule has 7 heteroatoms. The zero-order valence-electron chi connectivity index (χ0n) is 12.3. The number of aromatic nitrogens is 3. The Labute approximate surface area is 125 Å². The van der Waals surface area contributed by atoms with Gasteiger partial charge in [-0.3, -0.25) is 0 Å². The summed E-state index contributed by atoms with van der Waals surface area (Å²) in [5.41, 5.74) is 0. The van der Waals surface area contributed by atoms with E-state index in [1.54, 1.807) is 0 Å². The molecule has 0 fully saturated rings. The molecule has 0 atom stereocenters. The van der Waals surface area contributed by atoms with Gasteiger partial charge in [0.2, 0.25) is 11.2 Å². The van der Waals surface area contributed by atoms with Crippen LogP contribution >= 0.6 is 11.6 Å². The summed E-state index contributed by atoms with van der Waals surface area (Å²) in [7, 11) is 0. The maximum atomic E-state index is 9.24. The predicted octanol–water partition coefficient (Wildman–Crippen LogP) is 2.30. The maximum absolute atomic E-state index is 9.24. The van der Waals surface area contributed by atoms with E-state index in [1.165, 1.54) is 0 Å². The summed E-state index contributed by atoms with van der Waals surface area (Å²) < 4.78 is 5.42. The van der Waals surface area contributed by atoms with Crippen LogP contribution in [0.3, 0.4) is 0 Å². The van der Waals surface area contributed by atoms with E-state index < -0.39 is 0 Å². The van der Waals surface area contributed by atoms with E-state index in [0.29, 0.717) is 19.1 Å². The van der Waals surface area contributed by atoms with Crippen molar-refractivity contribution in [2.75, 3.05) is 24.7 Å². The predicted molar refractivity (Wildman–Crippen MR) is 79.4 cm³/mol. The zero-order chi connectivity index (χ0) is 15.0. The van der Waals surface area contributed by atoms with Crippen LogP contribution in [0.25, 0.3) is 0 Å². The van der Waals surface area contributed by atoms with Crippen molar-refractivity contribution in [3.8, 4) is 6.01 Å². The molecule has 0 saturated carbocycles. The van der Waals surface area contributed by atoms with Gasteiger partial charge in [0.25, 0.3) is 0 Å². The monoisotopic (exact) mass is 302 g/mol.